The molecule has 3 aliphatic rings. The molecule has 0 unspecified atom stereocenters. The van der Waals surface area contributed by atoms with Crippen molar-refractivity contribution in [2.45, 2.75) is 76.5 Å². The number of anilines is 1. The quantitative estimate of drug-likeness (QED) is 0.399. The summed E-state index contributed by atoms with van der Waals surface area (Å²) in [5.74, 6) is -1.54. The number of rotatable bonds is 7. The molecule has 3 aliphatic heterocycles. The molecule has 14 nitrogen and oxygen atoms in total. The lowest BCUT2D eigenvalue weighted by Gasteiger charge is -2.32. The molecular formula is C23H29N5O9. The van der Waals surface area contributed by atoms with Crippen molar-refractivity contribution >= 4 is 28.9 Å². The minimum Gasteiger partial charge on any atom is -0.463 e. The zero-order valence-electron chi connectivity index (χ0n) is 20.8. The first-order valence-corrected chi connectivity index (χ1v) is 11.8. The molecular weight excluding hydrogens is 490 g/mol. The first-order chi connectivity index (χ1) is 17.6. The fourth-order valence-corrected chi connectivity index (χ4v) is 4.62. The van der Waals surface area contributed by atoms with Gasteiger partial charge in [0.2, 0.25) is 0 Å². The predicted molar refractivity (Wildman–Crippen MR) is 123 cm³/mol. The van der Waals surface area contributed by atoms with Crippen LogP contribution in [0.2, 0.25) is 0 Å². The zero-order valence-corrected chi connectivity index (χ0v) is 20.8. The van der Waals surface area contributed by atoms with E-state index in [1.54, 1.807) is 23.0 Å². The molecule has 5 rings (SSSR count). The second-order valence-electron chi connectivity index (χ2n) is 9.35. The van der Waals surface area contributed by atoms with Crippen LogP contribution in [-0.4, -0.2) is 87.3 Å². The summed E-state index contributed by atoms with van der Waals surface area (Å²) in [7, 11) is 0. The molecule has 7 atom stereocenters. The lowest BCUT2D eigenvalue weighted by molar-refractivity contribution is -0.224. The normalized spacial score (nSPS) is 32.4. The summed E-state index contributed by atoms with van der Waals surface area (Å²) in [5, 5.41) is 0. The smallest absolute Gasteiger partial charge is 0.303 e. The fourth-order valence-electron chi connectivity index (χ4n) is 4.62. The molecule has 0 saturated carbocycles. The predicted octanol–water partition coefficient (Wildman–Crippen LogP) is 0.619. The van der Waals surface area contributed by atoms with E-state index in [1.165, 1.54) is 20.2 Å². The van der Waals surface area contributed by atoms with Gasteiger partial charge in [-0.15, -0.1) is 0 Å². The number of imidazole rings is 1. The maximum Gasteiger partial charge on any atom is 0.303 e. The van der Waals surface area contributed by atoms with Crippen LogP contribution in [0.5, 0.6) is 0 Å². The van der Waals surface area contributed by atoms with Gasteiger partial charge in [-0.05, 0) is 26.0 Å². The third kappa shape index (κ3) is 5.29. The number of esters is 2. The first kappa shape index (κ1) is 25.5. The summed E-state index contributed by atoms with van der Waals surface area (Å²) < 4.78 is 42.6. The Kier molecular flexibility index (Phi) is 6.85. The van der Waals surface area contributed by atoms with Gasteiger partial charge < -0.3 is 38.9 Å². The van der Waals surface area contributed by atoms with Crippen molar-refractivity contribution in [3.63, 3.8) is 0 Å². The van der Waals surface area contributed by atoms with Crippen LogP contribution >= 0.6 is 0 Å². The summed E-state index contributed by atoms with van der Waals surface area (Å²) in [6.07, 6.45) is 1.91. The number of nitrogens with zero attached hydrogens (tertiary/aromatic N) is 4. The lowest BCUT2D eigenvalue weighted by Crippen LogP contribution is -2.43. The summed E-state index contributed by atoms with van der Waals surface area (Å²) in [6, 6.07) is 0. The Morgan fingerprint density at radius 2 is 1.81 bits per heavy atom. The lowest BCUT2D eigenvalue weighted by atomic mass is 10.1. The van der Waals surface area contributed by atoms with Gasteiger partial charge in [0.05, 0.1) is 12.9 Å². The number of nitrogen functional groups attached to an aromatic ring is 1. The highest BCUT2D eigenvalue weighted by atomic mass is 16.8. The Labute approximate surface area is 212 Å². The monoisotopic (exact) mass is 519 g/mol. The minimum absolute atomic E-state index is 0.0917. The molecule has 2 N–H and O–H groups in total. The molecule has 0 aromatic carbocycles. The highest BCUT2D eigenvalue weighted by Crippen LogP contribution is 2.44. The Balaban J connectivity index is 1.30. The number of hydrogen-bond donors (Lipinski definition) is 1. The molecule has 200 valence electrons. The van der Waals surface area contributed by atoms with Crippen molar-refractivity contribution in [2.24, 2.45) is 0 Å². The Hall–Kier alpha value is -3.17. The average molecular weight is 520 g/mol. The number of fused-ring (bicyclic) bond motifs is 2. The summed E-state index contributed by atoms with van der Waals surface area (Å²) >= 11 is 0. The van der Waals surface area contributed by atoms with E-state index in [2.05, 4.69) is 15.0 Å². The topological polar surface area (TPSA) is 168 Å². The summed E-state index contributed by atoms with van der Waals surface area (Å²) in [6.45, 7) is 6.22. The second kappa shape index (κ2) is 9.95. The van der Waals surface area contributed by atoms with Crippen molar-refractivity contribution in [1.82, 2.24) is 19.5 Å². The van der Waals surface area contributed by atoms with Crippen molar-refractivity contribution in [3.8, 4) is 0 Å². The minimum atomic E-state index is -0.840. The van der Waals surface area contributed by atoms with E-state index in [-0.39, 0.29) is 19.0 Å². The van der Waals surface area contributed by atoms with Gasteiger partial charge in [-0.2, -0.15) is 0 Å². The van der Waals surface area contributed by atoms with E-state index >= 15 is 0 Å². The van der Waals surface area contributed by atoms with Crippen molar-refractivity contribution < 1.29 is 42.7 Å². The fraction of sp³-hybridized carbons (Fsp3) is 0.609. The molecule has 5 heterocycles. The SMILES string of the molecule is CC(=O)OC[C@H]1O[C@H](OC[C@H]2O[C@@H](n3cnc4c(N)ncnc43)[C@@H]3OC(C)(C)O[C@@H]32)C=C[C@H]1OC(C)=O. The third-order valence-corrected chi connectivity index (χ3v) is 6.10. The van der Waals surface area contributed by atoms with E-state index in [9.17, 15) is 9.59 Å². The number of carbonyl (C=O) groups excluding carboxylic acids is 2. The molecule has 0 spiro atoms. The molecule has 2 fully saturated rings. The van der Waals surface area contributed by atoms with Crippen LogP contribution in [0.3, 0.4) is 0 Å². The number of ether oxygens (including phenoxy) is 7. The first-order valence-electron chi connectivity index (χ1n) is 11.8. The van der Waals surface area contributed by atoms with Gasteiger partial charge in [0.25, 0.3) is 0 Å². The van der Waals surface area contributed by atoms with Gasteiger partial charge in [-0.1, -0.05) is 0 Å². The summed E-state index contributed by atoms with van der Waals surface area (Å²) in [5.41, 5.74) is 6.91. The van der Waals surface area contributed by atoms with E-state index < -0.39 is 60.8 Å². The molecule has 14 heteroatoms. The van der Waals surface area contributed by atoms with E-state index in [4.69, 9.17) is 38.9 Å². The van der Waals surface area contributed by atoms with Crippen LogP contribution in [0.15, 0.2) is 24.8 Å². The number of hydrogen-bond acceptors (Lipinski definition) is 13. The molecule has 2 aromatic heterocycles. The Morgan fingerprint density at radius 1 is 1.03 bits per heavy atom. The van der Waals surface area contributed by atoms with E-state index in [0.29, 0.717) is 11.2 Å². The van der Waals surface area contributed by atoms with Gasteiger partial charge in [0.1, 0.15) is 49.0 Å². The van der Waals surface area contributed by atoms with Crippen molar-refractivity contribution in [3.05, 3.63) is 24.8 Å². The van der Waals surface area contributed by atoms with Crippen molar-refractivity contribution in [2.75, 3.05) is 18.9 Å². The standard InChI is InChI=1S/C23H29N5O9/c1-11(29)31-7-14-13(33-12(2)30)5-6-16(34-14)32-8-15-18-19(37-23(3,4)36-18)22(35-15)28-10-27-17-20(24)25-9-26-21(17)28/h5-6,9-10,13-16,18-19,22H,7-8H2,1-4H3,(H2,24,25,26)/t13-,14-,15-,16+,18-,19-,22-/m1/s1. The van der Waals surface area contributed by atoms with Gasteiger partial charge >= 0.3 is 11.9 Å². The molecule has 2 saturated heterocycles. The largest absolute Gasteiger partial charge is 0.463 e. The molecule has 2 aromatic rings. The van der Waals surface area contributed by atoms with Crippen molar-refractivity contribution in [1.29, 1.82) is 0 Å². The maximum absolute atomic E-state index is 11.4. The zero-order chi connectivity index (χ0) is 26.3. The van der Waals surface area contributed by atoms with Crippen LogP contribution in [-0.2, 0) is 42.7 Å². The van der Waals surface area contributed by atoms with Crippen LogP contribution in [0, 0.1) is 0 Å². The van der Waals surface area contributed by atoms with Crippen LogP contribution in [0.1, 0.15) is 33.9 Å². The second-order valence-corrected chi connectivity index (χ2v) is 9.35. The van der Waals surface area contributed by atoms with Crippen LogP contribution < -0.4 is 5.73 Å². The molecule has 0 bridgehead atoms. The van der Waals surface area contributed by atoms with Crippen LogP contribution in [0.4, 0.5) is 5.82 Å². The van der Waals surface area contributed by atoms with Crippen LogP contribution in [0.25, 0.3) is 11.2 Å². The van der Waals surface area contributed by atoms with Gasteiger partial charge in [-0.3, -0.25) is 14.2 Å². The summed E-state index contributed by atoms with van der Waals surface area (Å²) in [4.78, 5) is 35.4. The number of carbonyl (C=O) groups is 2. The van der Waals surface area contributed by atoms with E-state index in [0.717, 1.165) is 0 Å². The molecule has 37 heavy (non-hydrogen) atoms. The highest BCUT2D eigenvalue weighted by Gasteiger charge is 2.56. The van der Waals surface area contributed by atoms with Gasteiger partial charge in [0, 0.05) is 13.8 Å². The number of nitrogens with two attached hydrogens (primary N) is 1. The number of aromatic nitrogens is 4. The molecule has 0 aliphatic carbocycles. The Morgan fingerprint density at radius 3 is 2.57 bits per heavy atom. The third-order valence-electron chi connectivity index (χ3n) is 6.10. The average Bonchev–Trinajstić information content (AvgIpc) is 3.48. The maximum atomic E-state index is 11.4. The van der Waals surface area contributed by atoms with Gasteiger partial charge in [0.15, 0.2) is 29.8 Å². The molecule has 0 radical (unpaired) electrons. The highest BCUT2D eigenvalue weighted by molar-refractivity contribution is 5.81. The Bertz CT molecular complexity index is 1200. The molecule has 0 amide bonds. The van der Waals surface area contributed by atoms with Gasteiger partial charge in [-0.25, -0.2) is 15.0 Å². The van der Waals surface area contributed by atoms with E-state index in [1.807, 2.05) is 13.8 Å².